The first-order chi connectivity index (χ1) is 5.68. The summed E-state index contributed by atoms with van der Waals surface area (Å²) in [6.07, 6.45) is 3.55. The smallest absolute Gasteiger partial charge is 0.0834 e. The lowest BCUT2D eigenvalue weighted by molar-refractivity contribution is 0.956. The van der Waals surface area contributed by atoms with E-state index in [1.165, 1.54) is 0 Å². The van der Waals surface area contributed by atoms with E-state index in [0.717, 1.165) is 15.6 Å². The van der Waals surface area contributed by atoms with Crippen molar-refractivity contribution in [3.63, 3.8) is 0 Å². The molecule has 2 aromatic rings. The van der Waals surface area contributed by atoms with Crippen LogP contribution in [-0.4, -0.2) is 9.61 Å². The van der Waals surface area contributed by atoms with Crippen molar-refractivity contribution < 1.29 is 0 Å². The summed E-state index contributed by atoms with van der Waals surface area (Å²) in [5, 5.41) is 4.83. The number of fused-ring (bicyclic) bond motifs is 1. The zero-order chi connectivity index (χ0) is 8.72. The second kappa shape index (κ2) is 2.75. The zero-order valence-electron chi connectivity index (χ0n) is 6.38. The summed E-state index contributed by atoms with van der Waals surface area (Å²) in [5.41, 5.74) is 2.19. The van der Waals surface area contributed by atoms with Gasteiger partial charge in [-0.25, -0.2) is 4.52 Å². The Morgan fingerprint density at radius 3 is 3.08 bits per heavy atom. The molecule has 62 valence electrons. The molecule has 0 aromatic carbocycles. The third kappa shape index (κ3) is 1.13. The normalized spacial score (nSPS) is 10.9. The number of halogens is 2. The highest BCUT2D eigenvalue weighted by atomic mass is 79.9. The SMILES string of the molecule is Cc1cc(Cl)cn2ncc(Br)c12. The van der Waals surface area contributed by atoms with Gasteiger partial charge in [-0.1, -0.05) is 11.6 Å². The number of rotatable bonds is 0. The predicted molar refractivity (Wildman–Crippen MR) is 52.6 cm³/mol. The van der Waals surface area contributed by atoms with Crippen LogP contribution in [0.3, 0.4) is 0 Å². The molecule has 0 N–H and O–H groups in total. The standard InChI is InChI=1S/C8H6BrClN2/c1-5-2-6(10)4-12-8(5)7(9)3-11-12/h2-4H,1H3. The number of pyridine rings is 1. The lowest BCUT2D eigenvalue weighted by Crippen LogP contribution is -1.88. The molecule has 0 bridgehead atoms. The Balaban J connectivity index is 2.93. The minimum atomic E-state index is 0.704. The van der Waals surface area contributed by atoms with Crippen LogP contribution in [0.15, 0.2) is 22.9 Å². The topological polar surface area (TPSA) is 17.3 Å². The van der Waals surface area contributed by atoms with Gasteiger partial charge in [0.25, 0.3) is 0 Å². The van der Waals surface area contributed by atoms with E-state index in [2.05, 4.69) is 21.0 Å². The van der Waals surface area contributed by atoms with Crippen molar-refractivity contribution in [1.82, 2.24) is 9.61 Å². The maximum Gasteiger partial charge on any atom is 0.0834 e. The van der Waals surface area contributed by atoms with Gasteiger partial charge in [-0.2, -0.15) is 5.10 Å². The summed E-state index contributed by atoms with van der Waals surface area (Å²) >= 11 is 9.27. The van der Waals surface area contributed by atoms with E-state index in [4.69, 9.17) is 11.6 Å². The summed E-state index contributed by atoms with van der Waals surface area (Å²) < 4.78 is 2.76. The molecule has 0 saturated heterocycles. The summed E-state index contributed by atoms with van der Waals surface area (Å²) in [6.45, 7) is 2.01. The second-order valence-electron chi connectivity index (χ2n) is 2.63. The first-order valence-electron chi connectivity index (χ1n) is 3.47. The second-order valence-corrected chi connectivity index (χ2v) is 3.92. The maximum absolute atomic E-state index is 5.86. The average molecular weight is 246 g/mol. The van der Waals surface area contributed by atoms with Crippen LogP contribution in [0.5, 0.6) is 0 Å². The van der Waals surface area contributed by atoms with Gasteiger partial charge in [0.05, 0.1) is 21.2 Å². The van der Waals surface area contributed by atoms with Gasteiger partial charge < -0.3 is 0 Å². The molecule has 0 radical (unpaired) electrons. The molecule has 0 spiro atoms. The first kappa shape index (κ1) is 8.08. The fourth-order valence-corrected chi connectivity index (χ4v) is 2.08. The molecule has 0 atom stereocenters. The Kier molecular flexibility index (Phi) is 1.85. The van der Waals surface area contributed by atoms with Crippen molar-refractivity contribution in [2.75, 3.05) is 0 Å². The van der Waals surface area contributed by atoms with E-state index in [9.17, 15) is 0 Å². The van der Waals surface area contributed by atoms with Crippen LogP contribution in [0.1, 0.15) is 5.56 Å². The van der Waals surface area contributed by atoms with Crippen molar-refractivity contribution in [2.24, 2.45) is 0 Å². The highest BCUT2D eigenvalue weighted by Gasteiger charge is 2.04. The van der Waals surface area contributed by atoms with E-state index in [-0.39, 0.29) is 0 Å². The van der Waals surface area contributed by atoms with Crippen molar-refractivity contribution in [1.29, 1.82) is 0 Å². The van der Waals surface area contributed by atoms with Crippen LogP contribution in [0.25, 0.3) is 5.52 Å². The third-order valence-electron chi connectivity index (χ3n) is 1.72. The molecule has 2 rings (SSSR count). The molecule has 0 unspecified atom stereocenters. The molecule has 0 aliphatic heterocycles. The molecule has 2 aromatic heterocycles. The first-order valence-corrected chi connectivity index (χ1v) is 4.64. The minimum absolute atomic E-state index is 0.704. The number of nitrogens with zero attached hydrogens (tertiary/aromatic N) is 2. The Morgan fingerprint density at radius 1 is 1.58 bits per heavy atom. The zero-order valence-corrected chi connectivity index (χ0v) is 8.72. The van der Waals surface area contributed by atoms with Gasteiger partial charge in [-0.15, -0.1) is 0 Å². The highest BCUT2D eigenvalue weighted by molar-refractivity contribution is 9.10. The van der Waals surface area contributed by atoms with Crippen LogP contribution in [0.4, 0.5) is 0 Å². The summed E-state index contributed by atoms with van der Waals surface area (Å²) in [5.74, 6) is 0. The summed E-state index contributed by atoms with van der Waals surface area (Å²) in [4.78, 5) is 0. The van der Waals surface area contributed by atoms with Crippen LogP contribution >= 0.6 is 27.5 Å². The fourth-order valence-electron chi connectivity index (χ4n) is 1.24. The van der Waals surface area contributed by atoms with E-state index >= 15 is 0 Å². The highest BCUT2D eigenvalue weighted by Crippen LogP contribution is 2.23. The van der Waals surface area contributed by atoms with Crippen molar-refractivity contribution in [2.45, 2.75) is 6.92 Å². The van der Waals surface area contributed by atoms with Gasteiger partial charge in [-0.05, 0) is 34.5 Å². The molecule has 0 amide bonds. The number of aryl methyl sites for hydroxylation is 1. The number of hydrogen-bond acceptors (Lipinski definition) is 1. The van der Waals surface area contributed by atoms with E-state index in [1.54, 1.807) is 16.9 Å². The summed E-state index contributed by atoms with van der Waals surface area (Å²) in [6, 6.07) is 1.92. The molecule has 0 aliphatic carbocycles. The molecule has 2 heterocycles. The Hall–Kier alpha value is -0.540. The Bertz CT molecular complexity index is 436. The lowest BCUT2D eigenvalue weighted by atomic mass is 10.2. The predicted octanol–water partition coefficient (Wildman–Crippen LogP) is 3.06. The van der Waals surface area contributed by atoms with Gasteiger partial charge in [0.2, 0.25) is 0 Å². The van der Waals surface area contributed by atoms with Gasteiger partial charge in [0, 0.05) is 6.20 Å². The quantitative estimate of drug-likeness (QED) is 0.697. The third-order valence-corrected chi connectivity index (χ3v) is 2.51. The van der Waals surface area contributed by atoms with Gasteiger partial charge >= 0.3 is 0 Å². The molecule has 0 aliphatic rings. The molecule has 12 heavy (non-hydrogen) atoms. The summed E-state index contributed by atoms with van der Waals surface area (Å²) in [7, 11) is 0. The van der Waals surface area contributed by atoms with Gasteiger partial charge in [-0.3, -0.25) is 0 Å². The van der Waals surface area contributed by atoms with Crippen LogP contribution in [-0.2, 0) is 0 Å². The molecule has 4 heteroatoms. The van der Waals surface area contributed by atoms with E-state index in [1.807, 2.05) is 13.0 Å². The number of hydrogen-bond donors (Lipinski definition) is 0. The lowest BCUT2D eigenvalue weighted by Gasteiger charge is -1.99. The Morgan fingerprint density at radius 2 is 2.33 bits per heavy atom. The monoisotopic (exact) mass is 244 g/mol. The van der Waals surface area contributed by atoms with Crippen molar-refractivity contribution in [3.05, 3.63) is 33.5 Å². The Labute approximate surface area is 83.3 Å². The van der Waals surface area contributed by atoms with Crippen molar-refractivity contribution >= 4 is 33.0 Å². The van der Waals surface area contributed by atoms with E-state index < -0.39 is 0 Å². The minimum Gasteiger partial charge on any atom is -0.238 e. The fraction of sp³-hybridized carbons (Fsp3) is 0.125. The molecular weight excluding hydrogens is 239 g/mol. The van der Waals surface area contributed by atoms with Crippen molar-refractivity contribution in [3.8, 4) is 0 Å². The van der Waals surface area contributed by atoms with Crippen LogP contribution in [0, 0.1) is 6.92 Å². The van der Waals surface area contributed by atoms with E-state index in [0.29, 0.717) is 5.02 Å². The number of aromatic nitrogens is 2. The molecular formula is C8H6BrClN2. The van der Waals surface area contributed by atoms with Crippen LogP contribution < -0.4 is 0 Å². The molecule has 0 fully saturated rings. The molecule has 2 nitrogen and oxygen atoms in total. The van der Waals surface area contributed by atoms with Gasteiger partial charge in [0.15, 0.2) is 0 Å². The largest absolute Gasteiger partial charge is 0.238 e. The van der Waals surface area contributed by atoms with Crippen LogP contribution in [0.2, 0.25) is 5.02 Å². The molecule has 0 saturated carbocycles. The maximum atomic E-state index is 5.86. The average Bonchev–Trinajstić information content (AvgIpc) is 2.31. The van der Waals surface area contributed by atoms with Gasteiger partial charge in [0.1, 0.15) is 0 Å².